The Morgan fingerprint density at radius 1 is 1.19 bits per heavy atom. The molecule has 0 atom stereocenters. The molecule has 2 aromatic rings. The zero-order chi connectivity index (χ0) is 11.4. The number of aryl methyl sites for hydroxylation is 1. The first-order chi connectivity index (χ1) is 7.78. The van der Waals surface area contributed by atoms with Crippen molar-refractivity contribution in [2.45, 2.75) is 23.8 Å². The fourth-order valence-corrected chi connectivity index (χ4v) is 1.71. The van der Waals surface area contributed by atoms with Crippen molar-refractivity contribution in [2.24, 2.45) is 0 Å². The number of hydrogen-bond donors (Lipinski definition) is 1. The van der Waals surface area contributed by atoms with Crippen LogP contribution in [0, 0.1) is 6.92 Å². The van der Waals surface area contributed by atoms with E-state index in [2.05, 4.69) is 19.9 Å². The summed E-state index contributed by atoms with van der Waals surface area (Å²) in [7, 11) is 0. The van der Waals surface area contributed by atoms with E-state index in [0.29, 0.717) is 15.9 Å². The molecule has 5 nitrogen and oxygen atoms in total. The molecule has 0 amide bonds. The highest BCUT2D eigenvalue weighted by molar-refractivity contribution is 7.99. The molecule has 0 aliphatic carbocycles. The van der Waals surface area contributed by atoms with Crippen LogP contribution in [0.2, 0.25) is 0 Å². The topological polar surface area (TPSA) is 71.8 Å². The fraction of sp³-hybridized carbons (Fsp3) is 0.200. The molecule has 0 saturated carbocycles. The molecular weight excluding hydrogens is 224 g/mol. The number of hydrogen-bond acceptors (Lipinski definition) is 6. The maximum Gasteiger partial charge on any atom is 0.195 e. The van der Waals surface area contributed by atoms with Gasteiger partial charge in [0, 0.05) is 29.8 Å². The molecule has 0 aliphatic rings. The molecule has 0 saturated heterocycles. The van der Waals surface area contributed by atoms with Gasteiger partial charge in [-0.15, -0.1) is 0 Å². The van der Waals surface area contributed by atoms with Gasteiger partial charge in [-0.25, -0.2) is 19.9 Å². The van der Waals surface area contributed by atoms with Crippen molar-refractivity contribution < 1.29 is 5.11 Å². The average Bonchev–Trinajstić information content (AvgIpc) is 2.30. The van der Waals surface area contributed by atoms with Crippen molar-refractivity contribution in [3.63, 3.8) is 0 Å². The minimum absolute atomic E-state index is 0.0497. The maximum absolute atomic E-state index is 8.84. The van der Waals surface area contributed by atoms with Crippen LogP contribution < -0.4 is 0 Å². The van der Waals surface area contributed by atoms with Gasteiger partial charge in [-0.1, -0.05) is 0 Å². The minimum atomic E-state index is -0.0497. The minimum Gasteiger partial charge on any atom is -0.392 e. The summed E-state index contributed by atoms with van der Waals surface area (Å²) in [4.78, 5) is 16.5. The van der Waals surface area contributed by atoms with Crippen LogP contribution in [0.4, 0.5) is 0 Å². The second-order valence-electron chi connectivity index (χ2n) is 3.11. The zero-order valence-corrected chi connectivity index (χ0v) is 9.48. The van der Waals surface area contributed by atoms with E-state index in [4.69, 9.17) is 5.11 Å². The van der Waals surface area contributed by atoms with E-state index in [1.54, 1.807) is 18.6 Å². The van der Waals surface area contributed by atoms with Crippen molar-refractivity contribution in [1.82, 2.24) is 19.9 Å². The largest absolute Gasteiger partial charge is 0.392 e. The summed E-state index contributed by atoms with van der Waals surface area (Å²) in [5.74, 6) is 0. The van der Waals surface area contributed by atoms with Gasteiger partial charge in [0.05, 0.1) is 6.61 Å². The molecule has 2 rings (SSSR count). The van der Waals surface area contributed by atoms with Crippen LogP contribution in [0.25, 0.3) is 0 Å². The highest BCUT2D eigenvalue weighted by Gasteiger charge is 2.03. The first-order valence-electron chi connectivity index (χ1n) is 4.67. The number of aliphatic hydroxyl groups is 1. The fourth-order valence-electron chi connectivity index (χ4n) is 1.03. The van der Waals surface area contributed by atoms with Gasteiger partial charge in [-0.05, 0) is 24.8 Å². The van der Waals surface area contributed by atoms with E-state index < -0.39 is 0 Å². The van der Waals surface area contributed by atoms with Gasteiger partial charge in [0.15, 0.2) is 10.3 Å². The van der Waals surface area contributed by atoms with Gasteiger partial charge >= 0.3 is 0 Å². The second kappa shape index (κ2) is 5.00. The van der Waals surface area contributed by atoms with Crippen molar-refractivity contribution in [1.29, 1.82) is 0 Å². The van der Waals surface area contributed by atoms with Crippen LogP contribution in [0.5, 0.6) is 0 Å². The van der Waals surface area contributed by atoms with Gasteiger partial charge in [0.1, 0.15) is 0 Å². The number of aliphatic hydroxyl groups excluding tert-OH is 1. The summed E-state index contributed by atoms with van der Waals surface area (Å²) in [6.45, 7) is 1.85. The quantitative estimate of drug-likeness (QED) is 0.805. The molecule has 0 bridgehead atoms. The second-order valence-corrected chi connectivity index (χ2v) is 4.05. The molecule has 0 spiro atoms. The van der Waals surface area contributed by atoms with E-state index in [1.807, 2.05) is 13.0 Å². The van der Waals surface area contributed by atoms with Crippen LogP contribution in [0.3, 0.4) is 0 Å². The molecule has 0 fully saturated rings. The molecule has 0 radical (unpaired) electrons. The van der Waals surface area contributed by atoms with E-state index in [9.17, 15) is 0 Å². The lowest BCUT2D eigenvalue weighted by molar-refractivity contribution is 0.280. The lowest BCUT2D eigenvalue weighted by Gasteiger charge is -1.99. The smallest absolute Gasteiger partial charge is 0.195 e. The molecular formula is C10H10N4OS. The maximum atomic E-state index is 8.84. The van der Waals surface area contributed by atoms with Crippen LogP contribution in [0.1, 0.15) is 11.3 Å². The Hall–Kier alpha value is -1.53. The third-order valence-corrected chi connectivity index (χ3v) is 2.59. The Morgan fingerprint density at radius 3 is 2.56 bits per heavy atom. The van der Waals surface area contributed by atoms with Crippen LogP contribution in [-0.4, -0.2) is 25.0 Å². The summed E-state index contributed by atoms with van der Waals surface area (Å²) >= 11 is 1.29. The Bertz CT molecular complexity index is 475. The lowest BCUT2D eigenvalue weighted by atomic mass is 10.4. The van der Waals surface area contributed by atoms with Crippen LogP contribution in [0.15, 0.2) is 35.0 Å². The SMILES string of the molecule is Cc1ccnc(Sc2ncc(CO)cn2)n1. The standard InChI is InChI=1S/C10H10N4OS/c1-7-2-3-11-10(14-7)16-9-12-4-8(6-15)5-13-9/h2-5,15H,6H2,1H3. The van der Waals surface area contributed by atoms with Crippen molar-refractivity contribution in [3.8, 4) is 0 Å². The van der Waals surface area contributed by atoms with Gasteiger partial charge in [-0.3, -0.25) is 0 Å². The molecule has 0 unspecified atom stereocenters. The molecule has 6 heteroatoms. The molecule has 1 N–H and O–H groups in total. The Balaban J connectivity index is 2.14. The molecule has 2 aromatic heterocycles. The number of nitrogens with zero attached hydrogens (tertiary/aromatic N) is 4. The van der Waals surface area contributed by atoms with E-state index in [-0.39, 0.29) is 6.61 Å². The van der Waals surface area contributed by atoms with Crippen molar-refractivity contribution in [3.05, 3.63) is 35.9 Å². The molecule has 82 valence electrons. The molecule has 16 heavy (non-hydrogen) atoms. The predicted octanol–water partition coefficient (Wildman–Crippen LogP) is 1.22. The summed E-state index contributed by atoms with van der Waals surface area (Å²) in [5, 5.41) is 10.0. The Labute approximate surface area is 97.0 Å². The summed E-state index contributed by atoms with van der Waals surface area (Å²) in [6.07, 6.45) is 4.88. The van der Waals surface area contributed by atoms with Crippen molar-refractivity contribution in [2.75, 3.05) is 0 Å². The van der Waals surface area contributed by atoms with Crippen molar-refractivity contribution >= 4 is 11.8 Å². The third kappa shape index (κ3) is 2.74. The first kappa shape index (κ1) is 11.0. The van der Waals surface area contributed by atoms with Crippen LogP contribution in [-0.2, 0) is 6.61 Å². The van der Waals surface area contributed by atoms with E-state index in [0.717, 1.165) is 5.69 Å². The number of rotatable bonds is 3. The van der Waals surface area contributed by atoms with Crippen LogP contribution >= 0.6 is 11.8 Å². The summed E-state index contributed by atoms with van der Waals surface area (Å²) < 4.78 is 0. The third-order valence-electron chi connectivity index (χ3n) is 1.82. The van der Waals surface area contributed by atoms with E-state index >= 15 is 0 Å². The number of aromatic nitrogens is 4. The molecule has 0 aromatic carbocycles. The highest BCUT2D eigenvalue weighted by atomic mass is 32.2. The van der Waals surface area contributed by atoms with Gasteiger partial charge in [0.25, 0.3) is 0 Å². The Kier molecular flexibility index (Phi) is 3.43. The van der Waals surface area contributed by atoms with Gasteiger partial charge < -0.3 is 5.11 Å². The monoisotopic (exact) mass is 234 g/mol. The average molecular weight is 234 g/mol. The normalized spacial score (nSPS) is 10.4. The summed E-state index contributed by atoms with van der Waals surface area (Å²) in [5.41, 5.74) is 1.60. The lowest BCUT2D eigenvalue weighted by Crippen LogP contribution is -1.93. The van der Waals surface area contributed by atoms with Gasteiger partial charge in [-0.2, -0.15) is 0 Å². The molecule has 2 heterocycles. The first-order valence-corrected chi connectivity index (χ1v) is 5.49. The Morgan fingerprint density at radius 2 is 1.94 bits per heavy atom. The summed E-state index contributed by atoms with van der Waals surface area (Å²) in [6, 6.07) is 1.83. The highest BCUT2D eigenvalue weighted by Crippen LogP contribution is 2.19. The predicted molar refractivity (Wildman–Crippen MR) is 58.8 cm³/mol. The zero-order valence-electron chi connectivity index (χ0n) is 8.66. The van der Waals surface area contributed by atoms with Gasteiger partial charge in [0.2, 0.25) is 0 Å². The molecule has 0 aliphatic heterocycles. The van der Waals surface area contributed by atoms with E-state index in [1.165, 1.54) is 11.8 Å².